The van der Waals surface area contributed by atoms with Crippen molar-refractivity contribution >= 4 is 5.78 Å². The minimum absolute atomic E-state index is 0.00741. The zero-order valence-corrected chi connectivity index (χ0v) is 9.17. The van der Waals surface area contributed by atoms with Crippen LogP contribution in [0.5, 0.6) is 0 Å². The topological polar surface area (TPSA) is 26.3 Å². The van der Waals surface area contributed by atoms with E-state index in [-0.39, 0.29) is 11.9 Å². The van der Waals surface area contributed by atoms with Crippen molar-refractivity contribution in [1.82, 2.24) is 0 Å². The van der Waals surface area contributed by atoms with Crippen molar-refractivity contribution in [3.63, 3.8) is 0 Å². The van der Waals surface area contributed by atoms with Crippen LogP contribution in [0, 0.1) is 0 Å². The first-order valence-corrected chi connectivity index (χ1v) is 5.17. The average molecular weight is 194 g/mol. The minimum Gasteiger partial charge on any atom is -0.483 e. The third-order valence-corrected chi connectivity index (χ3v) is 2.36. The van der Waals surface area contributed by atoms with E-state index in [0.717, 1.165) is 18.4 Å². The summed E-state index contributed by atoms with van der Waals surface area (Å²) in [5.74, 6) is 0.756. The van der Waals surface area contributed by atoms with Gasteiger partial charge in [0.25, 0.3) is 0 Å². The molecule has 0 unspecified atom stereocenters. The van der Waals surface area contributed by atoms with E-state index in [9.17, 15) is 4.79 Å². The fraction of sp³-hybridized carbons (Fsp3) is 0.583. The van der Waals surface area contributed by atoms with Crippen LogP contribution in [0.1, 0.15) is 40.0 Å². The maximum atomic E-state index is 11.5. The second-order valence-electron chi connectivity index (χ2n) is 3.73. The van der Waals surface area contributed by atoms with Crippen LogP contribution in [0.2, 0.25) is 0 Å². The zero-order valence-electron chi connectivity index (χ0n) is 9.17. The van der Waals surface area contributed by atoms with Crippen molar-refractivity contribution in [2.24, 2.45) is 0 Å². The van der Waals surface area contributed by atoms with E-state index in [1.54, 1.807) is 0 Å². The maximum absolute atomic E-state index is 11.5. The zero-order chi connectivity index (χ0) is 10.6. The molecule has 0 heterocycles. The van der Waals surface area contributed by atoms with Crippen LogP contribution >= 0.6 is 0 Å². The first-order chi connectivity index (χ1) is 6.65. The molecule has 0 saturated carbocycles. The number of carbonyl (C=O) groups is 1. The molecule has 1 aliphatic rings. The summed E-state index contributed by atoms with van der Waals surface area (Å²) < 4.78 is 5.60. The normalized spacial score (nSPS) is 20.4. The highest BCUT2D eigenvalue weighted by Crippen LogP contribution is 2.23. The Morgan fingerprint density at radius 2 is 2.14 bits per heavy atom. The third-order valence-electron chi connectivity index (χ3n) is 2.36. The molecule has 1 rings (SSSR count). The Hall–Kier alpha value is -1.05. The molecule has 0 radical (unpaired) electrons. The molecule has 0 aromatic rings. The fourth-order valence-corrected chi connectivity index (χ4v) is 1.64. The van der Waals surface area contributed by atoms with Crippen molar-refractivity contribution < 1.29 is 9.53 Å². The molecular weight excluding hydrogens is 176 g/mol. The number of ketones is 1. The number of hydrogen-bond donors (Lipinski definition) is 0. The van der Waals surface area contributed by atoms with Gasteiger partial charge < -0.3 is 4.74 Å². The van der Waals surface area contributed by atoms with E-state index in [4.69, 9.17) is 4.74 Å². The van der Waals surface area contributed by atoms with E-state index < -0.39 is 0 Å². The lowest BCUT2D eigenvalue weighted by molar-refractivity contribution is -0.120. The number of rotatable bonds is 3. The van der Waals surface area contributed by atoms with Crippen molar-refractivity contribution in [3.8, 4) is 0 Å². The fourth-order valence-electron chi connectivity index (χ4n) is 1.64. The van der Waals surface area contributed by atoms with Crippen molar-refractivity contribution in [2.75, 3.05) is 0 Å². The summed E-state index contributed by atoms with van der Waals surface area (Å²) in [6.45, 7) is 5.88. The second-order valence-corrected chi connectivity index (χ2v) is 3.73. The first-order valence-electron chi connectivity index (χ1n) is 5.17. The van der Waals surface area contributed by atoms with Gasteiger partial charge in [-0.15, -0.1) is 0 Å². The van der Waals surface area contributed by atoms with Crippen LogP contribution in [0.3, 0.4) is 0 Å². The molecule has 0 spiro atoms. The SMILES string of the molecule is C/C=C/[C@@H](C)OC1=C(C)CCCC1=O. The Kier molecular flexibility index (Phi) is 3.93. The van der Waals surface area contributed by atoms with Crippen LogP contribution in [-0.2, 0) is 9.53 Å². The number of ether oxygens (including phenoxy) is 1. The van der Waals surface area contributed by atoms with E-state index in [1.165, 1.54) is 0 Å². The molecule has 0 N–H and O–H groups in total. The van der Waals surface area contributed by atoms with Gasteiger partial charge in [-0.1, -0.05) is 6.08 Å². The van der Waals surface area contributed by atoms with Crippen LogP contribution in [0.4, 0.5) is 0 Å². The number of allylic oxidation sites excluding steroid dienone is 3. The second kappa shape index (κ2) is 4.99. The number of Topliss-reactive ketones (excluding diaryl/α,β-unsaturated/α-hetero) is 1. The van der Waals surface area contributed by atoms with Gasteiger partial charge in [-0.05, 0) is 45.3 Å². The maximum Gasteiger partial charge on any atom is 0.197 e. The van der Waals surface area contributed by atoms with Gasteiger partial charge in [-0.3, -0.25) is 4.79 Å². The third kappa shape index (κ3) is 2.72. The smallest absolute Gasteiger partial charge is 0.197 e. The van der Waals surface area contributed by atoms with Gasteiger partial charge in [0, 0.05) is 6.42 Å². The predicted molar refractivity (Wildman–Crippen MR) is 56.9 cm³/mol. The Balaban J connectivity index is 2.69. The molecule has 14 heavy (non-hydrogen) atoms. The lowest BCUT2D eigenvalue weighted by Crippen LogP contribution is -2.17. The Morgan fingerprint density at radius 1 is 1.43 bits per heavy atom. The monoisotopic (exact) mass is 194 g/mol. The molecule has 0 aromatic heterocycles. The molecule has 0 aromatic carbocycles. The van der Waals surface area contributed by atoms with Gasteiger partial charge in [0.05, 0.1) is 0 Å². The molecule has 0 bridgehead atoms. The van der Waals surface area contributed by atoms with Gasteiger partial charge >= 0.3 is 0 Å². The Morgan fingerprint density at radius 3 is 2.71 bits per heavy atom. The molecule has 78 valence electrons. The highest BCUT2D eigenvalue weighted by molar-refractivity contribution is 5.94. The molecule has 0 aliphatic heterocycles. The van der Waals surface area contributed by atoms with Crippen molar-refractivity contribution in [1.29, 1.82) is 0 Å². The van der Waals surface area contributed by atoms with Crippen LogP contribution in [0.25, 0.3) is 0 Å². The van der Waals surface area contributed by atoms with Gasteiger partial charge in [0.15, 0.2) is 11.5 Å². The predicted octanol–water partition coefficient (Wildman–Crippen LogP) is 2.99. The standard InChI is InChI=1S/C12H18O2/c1-4-6-10(3)14-12-9(2)7-5-8-11(12)13/h4,6,10H,5,7-8H2,1-3H3/b6-4+/t10-/m1/s1. The molecule has 1 atom stereocenters. The largest absolute Gasteiger partial charge is 0.483 e. The summed E-state index contributed by atoms with van der Waals surface area (Å²) in [6, 6.07) is 0. The summed E-state index contributed by atoms with van der Waals surface area (Å²) in [4.78, 5) is 11.5. The van der Waals surface area contributed by atoms with Gasteiger partial charge in [-0.2, -0.15) is 0 Å². The van der Waals surface area contributed by atoms with E-state index in [2.05, 4.69) is 0 Å². The van der Waals surface area contributed by atoms with Crippen molar-refractivity contribution in [3.05, 3.63) is 23.5 Å². The van der Waals surface area contributed by atoms with Gasteiger partial charge in [0.2, 0.25) is 0 Å². The molecule has 0 amide bonds. The summed E-state index contributed by atoms with van der Waals surface area (Å²) >= 11 is 0. The highest BCUT2D eigenvalue weighted by Gasteiger charge is 2.20. The number of hydrogen-bond acceptors (Lipinski definition) is 2. The lowest BCUT2D eigenvalue weighted by atomic mass is 9.98. The molecule has 0 saturated heterocycles. The van der Waals surface area contributed by atoms with Crippen LogP contribution < -0.4 is 0 Å². The molecular formula is C12H18O2. The van der Waals surface area contributed by atoms with Crippen molar-refractivity contribution in [2.45, 2.75) is 46.1 Å². The van der Waals surface area contributed by atoms with Crippen LogP contribution in [-0.4, -0.2) is 11.9 Å². The summed E-state index contributed by atoms with van der Waals surface area (Å²) in [6.07, 6.45) is 6.47. The summed E-state index contributed by atoms with van der Waals surface area (Å²) in [5.41, 5.74) is 1.10. The molecule has 0 fully saturated rings. The quantitative estimate of drug-likeness (QED) is 0.645. The van der Waals surface area contributed by atoms with E-state index in [1.807, 2.05) is 32.9 Å². The highest BCUT2D eigenvalue weighted by atomic mass is 16.5. The van der Waals surface area contributed by atoms with E-state index >= 15 is 0 Å². The average Bonchev–Trinajstić information content (AvgIpc) is 2.12. The summed E-state index contributed by atoms with van der Waals surface area (Å²) in [5, 5.41) is 0. The molecule has 1 aliphatic carbocycles. The lowest BCUT2D eigenvalue weighted by Gasteiger charge is -2.19. The van der Waals surface area contributed by atoms with Gasteiger partial charge in [0.1, 0.15) is 6.10 Å². The molecule has 2 heteroatoms. The number of carbonyl (C=O) groups excluding carboxylic acids is 1. The Bertz CT molecular complexity index is 274. The summed E-state index contributed by atoms with van der Waals surface area (Å²) in [7, 11) is 0. The first kappa shape index (κ1) is 11.0. The van der Waals surface area contributed by atoms with Gasteiger partial charge in [-0.25, -0.2) is 0 Å². The van der Waals surface area contributed by atoms with E-state index in [0.29, 0.717) is 12.2 Å². The minimum atomic E-state index is -0.00741. The molecule has 2 nitrogen and oxygen atoms in total. The Labute approximate surface area is 85.6 Å². The van der Waals surface area contributed by atoms with Crippen LogP contribution in [0.15, 0.2) is 23.5 Å².